The van der Waals surface area contributed by atoms with E-state index in [1.165, 1.54) is 0 Å². The maximum atomic E-state index is 5.72. The van der Waals surface area contributed by atoms with Crippen LogP contribution < -0.4 is 5.73 Å². The van der Waals surface area contributed by atoms with Crippen molar-refractivity contribution < 1.29 is 18.9 Å². The van der Waals surface area contributed by atoms with Crippen LogP contribution in [0.4, 0.5) is 0 Å². The second kappa shape index (κ2) is 5.63. The van der Waals surface area contributed by atoms with E-state index in [4.69, 9.17) is 24.7 Å². The molecule has 84 valence electrons. The average Bonchev–Trinajstić information content (AvgIpc) is 2.19. The Balaban J connectivity index is 2.32. The van der Waals surface area contributed by atoms with E-state index in [9.17, 15) is 0 Å². The Hall–Kier alpha value is -0.200. The molecule has 3 atom stereocenters. The number of hydrogen-bond donors (Lipinski definition) is 1. The molecule has 0 aliphatic carbocycles. The van der Waals surface area contributed by atoms with Crippen molar-refractivity contribution in [2.45, 2.75) is 38.1 Å². The Morgan fingerprint density at radius 3 is 2.57 bits per heavy atom. The summed E-state index contributed by atoms with van der Waals surface area (Å²) in [6.07, 6.45) is 0.00341. The van der Waals surface area contributed by atoms with Crippen LogP contribution in [0.3, 0.4) is 0 Å². The molecular weight excluding hydrogens is 186 g/mol. The highest BCUT2D eigenvalue weighted by Crippen LogP contribution is 2.16. The van der Waals surface area contributed by atoms with Gasteiger partial charge in [-0.25, -0.2) is 0 Å². The molecule has 1 heterocycles. The fraction of sp³-hybridized carbons (Fsp3) is 1.00. The Kier molecular flexibility index (Phi) is 4.77. The van der Waals surface area contributed by atoms with Crippen LogP contribution >= 0.6 is 0 Å². The molecule has 0 aromatic carbocycles. The molecule has 0 aromatic rings. The third-order valence-electron chi connectivity index (χ3n) is 2.35. The van der Waals surface area contributed by atoms with Crippen molar-refractivity contribution in [1.82, 2.24) is 0 Å². The standard InChI is InChI=1S/C9H19NO4/c1-6-7(10)5-13-9(14-6)4-8(11-2)12-3/h6-9H,4-5,10H2,1-3H3/t6-,7-,9+/m1/s1. The van der Waals surface area contributed by atoms with Gasteiger partial charge in [0, 0.05) is 20.6 Å². The molecule has 0 bridgehead atoms. The smallest absolute Gasteiger partial charge is 0.162 e. The second-order valence-electron chi connectivity index (χ2n) is 3.40. The topological polar surface area (TPSA) is 62.9 Å². The average molecular weight is 205 g/mol. The number of nitrogens with two attached hydrogens (primary N) is 1. The van der Waals surface area contributed by atoms with E-state index < -0.39 is 0 Å². The van der Waals surface area contributed by atoms with Crippen molar-refractivity contribution in [3.63, 3.8) is 0 Å². The maximum absolute atomic E-state index is 5.72. The van der Waals surface area contributed by atoms with Crippen LogP contribution in [0.5, 0.6) is 0 Å². The normalized spacial score (nSPS) is 33.6. The highest BCUT2D eigenvalue weighted by atomic mass is 16.7. The van der Waals surface area contributed by atoms with E-state index >= 15 is 0 Å². The largest absolute Gasteiger partial charge is 0.356 e. The number of hydrogen-bond acceptors (Lipinski definition) is 5. The lowest BCUT2D eigenvalue weighted by molar-refractivity contribution is -0.245. The quantitative estimate of drug-likeness (QED) is 0.659. The van der Waals surface area contributed by atoms with Crippen LogP contribution in [0, 0.1) is 0 Å². The SMILES string of the molecule is COC(C[C@H]1OC[C@@H](N)[C@@H](C)O1)OC. The minimum absolute atomic E-state index is 0.0168. The molecule has 14 heavy (non-hydrogen) atoms. The van der Waals surface area contributed by atoms with Gasteiger partial charge < -0.3 is 24.7 Å². The fourth-order valence-electron chi connectivity index (χ4n) is 1.30. The Morgan fingerprint density at radius 1 is 1.43 bits per heavy atom. The molecular formula is C9H19NO4. The lowest BCUT2D eigenvalue weighted by Crippen LogP contribution is -2.48. The van der Waals surface area contributed by atoms with E-state index in [0.717, 1.165) is 0 Å². The molecule has 1 fully saturated rings. The van der Waals surface area contributed by atoms with Crippen molar-refractivity contribution in [3.05, 3.63) is 0 Å². The zero-order chi connectivity index (χ0) is 10.6. The van der Waals surface area contributed by atoms with Crippen LogP contribution in [0.1, 0.15) is 13.3 Å². The fourth-order valence-corrected chi connectivity index (χ4v) is 1.30. The molecule has 1 rings (SSSR count). The van der Waals surface area contributed by atoms with Crippen LogP contribution in [-0.2, 0) is 18.9 Å². The summed E-state index contributed by atoms with van der Waals surface area (Å²) in [4.78, 5) is 0. The summed E-state index contributed by atoms with van der Waals surface area (Å²) in [5.74, 6) is 0. The first-order chi connectivity index (χ1) is 6.67. The van der Waals surface area contributed by atoms with Crippen molar-refractivity contribution >= 4 is 0 Å². The Labute approximate surface area is 84.4 Å². The Bertz CT molecular complexity index is 163. The molecule has 0 spiro atoms. The van der Waals surface area contributed by atoms with Crippen molar-refractivity contribution in [1.29, 1.82) is 0 Å². The molecule has 0 aromatic heterocycles. The van der Waals surface area contributed by atoms with Gasteiger partial charge in [0.2, 0.25) is 0 Å². The molecule has 5 heteroatoms. The van der Waals surface area contributed by atoms with E-state index in [1.54, 1.807) is 14.2 Å². The summed E-state index contributed by atoms with van der Waals surface area (Å²) in [5, 5.41) is 0. The van der Waals surface area contributed by atoms with E-state index in [2.05, 4.69) is 0 Å². The number of rotatable bonds is 4. The highest BCUT2D eigenvalue weighted by Gasteiger charge is 2.28. The Morgan fingerprint density at radius 2 is 2.07 bits per heavy atom. The van der Waals surface area contributed by atoms with Gasteiger partial charge in [-0.1, -0.05) is 0 Å². The van der Waals surface area contributed by atoms with Gasteiger partial charge in [-0.15, -0.1) is 0 Å². The van der Waals surface area contributed by atoms with Crippen molar-refractivity contribution in [3.8, 4) is 0 Å². The van der Waals surface area contributed by atoms with Gasteiger partial charge in [-0.2, -0.15) is 0 Å². The van der Waals surface area contributed by atoms with Gasteiger partial charge in [0.25, 0.3) is 0 Å². The van der Waals surface area contributed by atoms with Gasteiger partial charge >= 0.3 is 0 Å². The van der Waals surface area contributed by atoms with Crippen LogP contribution in [0.15, 0.2) is 0 Å². The predicted molar refractivity (Wildman–Crippen MR) is 50.7 cm³/mol. The van der Waals surface area contributed by atoms with Crippen LogP contribution in [0.25, 0.3) is 0 Å². The van der Waals surface area contributed by atoms with Gasteiger partial charge in [0.1, 0.15) is 0 Å². The molecule has 0 saturated carbocycles. The molecule has 0 unspecified atom stereocenters. The molecule has 1 aliphatic heterocycles. The first kappa shape index (κ1) is 11.9. The van der Waals surface area contributed by atoms with E-state index in [1.807, 2.05) is 6.92 Å². The summed E-state index contributed by atoms with van der Waals surface area (Å²) in [5.41, 5.74) is 5.72. The summed E-state index contributed by atoms with van der Waals surface area (Å²) in [6.45, 7) is 2.46. The molecule has 2 N–H and O–H groups in total. The summed E-state index contributed by atoms with van der Waals surface area (Å²) < 4.78 is 21.0. The highest BCUT2D eigenvalue weighted by molar-refractivity contribution is 4.73. The van der Waals surface area contributed by atoms with Gasteiger partial charge in [0.05, 0.1) is 18.8 Å². The van der Waals surface area contributed by atoms with Gasteiger partial charge in [-0.3, -0.25) is 0 Å². The molecule has 1 saturated heterocycles. The summed E-state index contributed by atoms with van der Waals surface area (Å²) in [6, 6.07) is -0.0465. The molecule has 0 radical (unpaired) electrons. The van der Waals surface area contributed by atoms with Crippen LogP contribution in [0.2, 0.25) is 0 Å². The first-order valence-corrected chi connectivity index (χ1v) is 4.75. The van der Waals surface area contributed by atoms with Gasteiger partial charge in [-0.05, 0) is 6.92 Å². The third-order valence-corrected chi connectivity index (χ3v) is 2.35. The van der Waals surface area contributed by atoms with Gasteiger partial charge in [0.15, 0.2) is 12.6 Å². The van der Waals surface area contributed by atoms with Crippen molar-refractivity contribution in [2.24, 2.45) is 5.73 Å². The lowest BCUT2D eigenvalue weighted by Gasteiger charge is -2.33. The van der Waals surface area contributed by atoms with Crippen LogP contribution in [-0.4, -0.2) is 45.6 Å². The number of ether oxygens (including phenoxy) is 4. The minimum Gasteiger partial charge on any atom is -0.356 e. The second-order valence-corrected chi connectivity index (χ2v) is 3.40. The van der Waals surface area contributed by atoms with E-state index in [0.29, 0.717) is 13.0 Å². The zero-order valence-electron chi connectivity index (χ0n) is 8.93. The minimum atomic E-state index is -0.290. The molecule has 5 nitrogen and oxygen atoms in total. The molecule has 1 aliphatic rings. The summed E-state index contributed by atoms with van der Waals surface area (Å²) in [7, 11) is 3.18. The zero-order valence-corrected chi connectivity index (χ0v) is 8.93. The monoisotopic (exact) mass is 205 g/mol. The maximum Gasteiger partial charge on any atom is 0.162 e. The van der Waals surface area contributed by atoms with Crippen molar-refractivity contribution in [2.75, 3.05) is 20.8 Å². The number of methoxy groups -OCH3 is 2. The van der Waals surface area contributed by atoms with E-state index in [-0.39, 0.29) is 24.7 Å². The predicted octanol–water partition coefficient (Wildman–Crippen LogP) is 0.0841. The summed E-state index contributed by atoms with van der Waals surface area (Å²) >= 11 is 0. The lowest BCUT2D eigenvalue weighted by atomic mass is 10.2. The third kappa shape index (κ3) is 3.18. The molecule has 0 amide bonds. The first-order valence-electron chi connectivity index (χ1n) is 4.75.